The molecular formula is C28H50N4O5S. The predicted octanol–water partition coefficient (Wildman–Crippen LogP) is 3.23. The van der Waals surface area contributed by atoms with Crippen molar-refractivity contribution in [3.63, 3.8) is 0 Å². The van der Waals surface area contributed by atoms with Crippen molar-refractivity contribution in [1.29, 1.82) is 0 Å². The number of rotatable bonds is 1. The summed E-state index contributed by atoms with van der Waals surface area (Å²) in [4.78, 5) is 0. The van der Waals surface area contributed by atoms with Gasteiger partial charge < -0.3 is 9.47 Å². The molecule has 38 heavy (non-hydrogen) atoms. The van der Waals surface area contributed by atoms with Crippen LogP contribution in [-0.2, 0) is 24.0 Å². The summed E-state index contributed by atoms with van der Waals surface area (Å²) >= 11 is 0. The Morgan fingerprint density at radius 2 is 1.82 bits per heavy atom. The van der Waals surface area contributed by atoms with Gasteiger partial charge in [-0.3, -0.25) is 4.18 Å². The average molecular weight is 555 g/mol. The summed E-state index contributed by atoms with van der Waals surface area (Å²) in [6, 6.07) is 0.920. The van der Waals surface area contributed by atoms with E-state index in [4.69, 9.17) is 13.7 Å². The molecule has 0 spiro atoms. The van der Waals surface area contributed by atoms with E-state index < -0.39 is 10.3 Å². The molecule has 0 amide bonds. The molecule has 4 saturated heterocycles. The third kappa shape index (κ3) is 5.45. The van der Waals surface area contributed by atoms with Gasteiger partial charge in [-0.05, 0) is 95.3 Å². The maximum atomic E-state index is 13.4. The number of fused-ring (bicyclic) bond motifs is 5. The largest absolute Gasteiger partial charge is 0.381 e. The second kappa shape index (κ2) is 11.5. The lowest BCUT2D eigenvalue weighted by molar-refractivity contribution is -0.0607. The summed E-state index contributed by atoms with van der Waals surface area (Å²) < 4.78 is 46.6. The van der Waals surface area contributed by atoms with Crippen LogP contribution < -0.4 is 11.0 Å². The zero-order valence-corrected chi connectivity index (χ0v) is 24.4. The zero-order chi connectivity index (χ0) is 26.4. The Balaban J connectivity index is 1.24. The van der Waals surface area contributed by atoms with Crippen LogP contribution in [0.4, 0.5) is 0 Å². The Morgan fingerprint density at radius 1 is 0.947 bits per heavy atom. The third-order valence-corrected chi connectivity index (χ3v) is 12.8. The highest BCUT2D eigenvalue weighted by molar-refractivity contribution is 7.84. The van der Waals surface area contributed by atoms with Gasteiger partial charge in [0.25, 0.3) is 0 Å². The molecule has 4 heterocycles. The normalized spacial score (nSPS) is 51.5. The number of hydrogen-bond acceptors (Lipinski definition) is 8. The van der Waals surface area contributed by atoms with Crippen molar-refractivity contribution in [1.82, 2.24) is 20.3 Å². The highest BCUT2D eigenvalue weighted by Crippen LogP contribution is 2.45. The van der Waals surface area contributed by atoms with Crippen molar-refractivity contribution in [3.8, 4) is 0 Å². The Kier molecular flexibility index (Phi) is 8.43. The summed E-state index contributed by atoms with van der Waals surface area (Å²) in [6.45, 7) is 6.90. The van der Waals surface area contributed by atoms with Crippen LogP contribution in [0.2, 0.25) is 0 Å². The Morgan fingerprint density at radius 3 is 2.66 bits per heavy atom. The van der Waals surface area contributed by atoms with Gasteiger partial charge in [-0.2, -0.15) is 18.3 Å². The molecule has 3 aliphatic carbocycles. The van der Waals surface area contributed by atoms with E-state index in [-0.39, 0.29) is 36.2 Å². The molecule has 218 valence electrons. The van der Waals surface area contributed by atoms with Gasteiger partial charge in [0.2, 0.25) is 0 Å². The van der Waals surface area contributed by atoms with Crippen LogP contribution in [0, 0.1) is 29.6 Å². The van der Waals surface area contributed by atoms with E-state index in [1.54, 1.807) is 11.4 Å². The van der Waals surface area contributed by atoms with Crippen LogP contribution in [0.1, 0.15) is 84.5 Å². The van der Waals surface area contributed by atoms with Gasteiger partial charge in [0.1, 0.15) is 0 Å². The van der Waals surface area contributed by atoms with Gasteiger partial charge in [-0.15, -0.1) is 0 Å². The lowest BCUT2D eigenvalue weighted by Crippen LogP contribution is -2.57. The summed E-state index contributed by atoms with van der Waals surface area (Å²) in [5, 5.41) is 2.46. The Labute approximate surface area is 229 Å². The van der Waals surface area contributed by atoms with Crippen LogP contribution >= 0.6 is 0 Å². The van der Waals surface area contributed by atoms with E-state index >= 15 is 0 Å². The molecule has 7 rings (SSSR count). The number of ether oxygens (including phenoxy) is 2. The van der Waals surface area contributed by atoms with Crippen molar-refractivity contribution in [3.05, 3.63) is 0 Å². The lowest BCUT2D eigenvalue weighted by Gasteiger charge is -2.48. The van der Waals surface area contributed by atoms with Crippen LogP contribution in [0.25, 0.3) is 0 Å². The van der Waals surface area contributed by atoms with E-state index in [1.807, 2.05) is 0 Å². The smallest absolute Gasteiger partial charge is 0.338 e. The first-order valence-corrected chi connectivity index (χ1v) is 16.8. The minimum Gasteiger partial charge on any atom is -0.381 e. The summed E-state index contributed by atoms with van der Waals surface area (Å²) in [6.07, 6.45) is 11.7. The van der Waals surface area contributed by atoms with E-state index in [0.717, 1.165) is 58.1 Å². The molecule has 13 atom stereocenters. The van der Waals surface area contributed by atoms with Crippen LogP contribution in [0.3, 0.4) is 0 Å². The first kappa shape index (κ1) is 27.8. The molecule has 0 aromatic heterocycles. The fraction of sp³-hybridized carbons (Fsp3) is 1.00. The maximum Gasteiger partial charge on any atom is 0.338 e. The zero-order valence-electron chi connectivity index (χ0n) is 23.6. The van der Waals surface area contributed by atoms with Crippen molar-refractivity contribution < 1.29 is 22.1 Å². The molecule has 7 aliphatic rings. The first-order valence-electron chi connectivity index (χ1n) is 15.5. The van der Waals surface area contributed by atoms with Gasteiger partial charge in [0.15, 0.2) is 0 Å². The maximum absolute atomic E-state index is 13.4. The minimum atomic E-state index is -3.75. The van der Waals surface area contributed by atoms with E-state index in [2.05, 4.69) is 29.8 Å². The lowest BCUT2D eigenvalue weighted by atomic mass is 9.67. The van der Waals surface area contributed by atoms with Crippen LogP contribution in [0.5, 0.6) is 0 Å². The van der Waals surface area contributed by atoms with E-state index in [0.29, 0.717) is 36.4 Å². The second-order valence-electron chi connectivity index (χ2n) is 13.3. The fourth-order valence-electron chi connectivity index (χ4n) is 8.97. The van der Waals surface area contributed by atoms with E-state index in [1.165, 1.54) is 25.7 Å². The van der Waals surface area contributed by atoms with Crippen molar-refractivity contribution in [2.24, 2.45) is 29.6 Å². The first-order chi connectivity index (χ1) is 18.3. The number of hydrogen-bond donors (Lipinski definition) is 2. The summed E-state index contributed by atoms with van der Waals surface area (Å²) in [5.41, 5.74) is 7.16. The molecule has 7 fully saturated rings. The van der Waals surface area contributed by atoms with Gasteiger partial charge in [0, 0.05) is 56.8 Å². The summed E-state index contributed by atoms with van der Waals surface area (Å²) in [7, 11) is -1.96. The molecule has 12 unspecified atom stereocenters. The molecule has 10 heteroatoms. The SMILES string of the molecule is COC1CCC2CC3CCC4C(NNN4CCCCOC4CCC5OS(=O)(=O)N(CC5C4)[C@H](C)C1C2)C3C. The number of methoxy groups -OCH3 is 1. The number of nitrogens with zero attached hydrogens (tertiary/aromatic N) is 2. The molecule has 9 bridgehead atoms. The molecule has 9 nitrogen and oxygen atoms in total. The van der Waals surface area contributed by atoms with Crippen LogP contribution in [0.15, 0.2) is 0 Å². The fourth-order valence-corrected chi connectivity index (χ4v) is 10.6. The van der Waals surface area contributed by atoms with Crippen LogP contribution in [-0.4, -0.2) is 81.0 Å². The third-order valence-electron chi connectivity index (χ3n) is 11.2. The summed E-state index contributed by atoms with van der Waals surface area (Å²) in [5.74, 6) is 2.31. The standard InChI is InChI=1S/C28H50N4O5S/c1-18-21-7-9-25-28(18)29-30-31(25)12-4-5-13-36-23-8-11-26-22(16-23)17-32(38(33,34)37-26)19(2)24-15-20(14-21)6-10-27(24)35-3/h18-30H,4-17H2,1-3H3/t18?,19-,20?,21?,22?,23?,24?,25?,26?,27?,28?/m1/s1. The highest BCUT2D eigenvalue weighted by atomic mass is 32.2. The van der Waals surface area contributed by atoms with Crippen molar-refractivity contribution >= 4 is 10.3 Å². The Bertz CT molecular complexity index is 923. The van der Waals surface area contributed by atoms with Gasteiger partial charge in [-0.25, -0.2) is 10.4 Å². The molecule has 3 saturated carbocycles. The van der Waals surface area contributed by atoms with Gasteiger partial charge in [-0.1, -0.05) is 6.92 Å². The molecule has 2 N–H and O–H groups in total. The number of hydrazine groups is 2. The molecular weight excluding hydrogens is 504 g/mol. The topological polar surface area (TPSA) is 92.4 Å². The van der Waals surface area contributed by atoms with Crippen molar-refractivity contribution in [2.45, 2.75) is 121 Å². The van der Waals surface area contributed by atoms with Crippen molar-refractivity contribution in [2.75, 3.05) is 26.8 Å². The second-order valence-corrected chi connectivity index (χ2v) is 14.8. The quantitative estimate of drug-likeness (QED) is 0.511. The minimum absolute atomic E-state index is 0.0943. The average Bonchev–Trinajstić information content (AvgIpc) is 3.32. The molecule has 0 radical (unpaired) electrons. The van der Waals surface area contributed by atoms with Gasteiger partial charge >= 0.3 is 10.3 Å². The number of nitrogens with one attached hydrogen (secondary N) is 2. The monoisotopic (exact) mass is 554 g/mol. The predicted molar refractivity (Wildman–Crippen MR) is 145 cm³/mol. The van der Waals surface area contributed by atoms with E-state index in [9.17, 15) is 8.42 Å². The Hall–Kier alpha value is -0.330. The molecule has 0 aromatic carbocycles. The molecule has 0 aromatic rings. The molecule has 4 aliphatic heterocycles. The highest BCUT2D eigenvalue weighted by Gasteiger charge is 2.49. The van der Waals surface area contributed by atoms with Gasteiger partial charge in [0.05, 0.1) is 18.3 Å².